The summed E-state index contributed by atoms with van der Waals surface area (Å²) in [6, 6.07) is 20.7. The molecule has 2 N–H and O–H groups in total. The summed E-state index contributed by atoms with van der Waals surface area (Å²) < 4.78 is 11.4. The number of carbonyl (C=O) groups excluding carboxylic acids is 1. The summed E-state index contributed by atoms with van der Waals surface area (Å²) >= 11 is 0. The van der Waals surface area contributed by atoms with Gasteiger partial charge >= 0.3 is 0 Å². The van der Waals surface area contributed by atoms with E-state index in [2.05, 4.69) is 5.32 Å². The maximum Gasteiger partial charge on any atom is 0.265 e. The number of ether oxygens (including phenoxy) is 2. The Balaban J connectivity index is 1.44. The lowest BCUT2D eigenvalue weighted by atomic mass is 10.1. The van der Waals surface area contributed by atoms with Crippen molar-refractivity contribution in [1.29, 1.82) is 5.26 Å². The zero-order valence-corrected chi connectivity index (χ0v) is 18.7. The minimum atomic E-state index is -0.356. The first-order valence-electron chi connectivity index (χ1n) is 11.4. The zero-order valence-electron chi connectivity index (χ0n) is 18.7. The highest BCUT2D eigenvalue weighted by Gasteiger charge is 2.30. The minimum Gasteiger partial charge on any atom is -0.507 e. The van der Waals surface area contributed by atoms with Gasteiger partial charge in [-0.15, -0.1) is 0 Å². The molecule has 7 heteroatoms. The number of rotatable bonds is 6. The first-order valence-corrected chi connectivity index (χ1v) is 11.4. The van der Waals surface area contributed by atoms with Crippen molar-refractivity contribution in [3.8, 4) is 17.6 Å². The fourth-order valence-corrected chi connectivity index (χ4v) is 4.43. The van der Waals surface area contributed by atoms with Gasteiger partial charge in [0.1, 0.15) is 23.7 Å². The van der Waals surface area contributed by atoms with Crippen molar-refractivity contribution in [3.63, 3.8) is 0 Å². The van der Waals surface area contributed by atoms with Crippen LogP contribution in [0.3, 0.4) is 0 Å². The average molecular weight is 456 g/mol. The number of fused-ring (bicyclic) bond motifs is 1. The van der Waals surface area contributed by atoms with E-state index in [-0.39, 0.29) is 41.2 Å². The molecule has 7 nitrogen and oxygen atoms in total. The Hall–Kier alpha value is -4.02. The van der Waals surface area contributed by atoms with Crippen LogP contribution in [0.25, 0.3) is 0 Å². The Morgan fingerprint density at radius 3 is 2.82 bits per heavy atom. The molecule has 0 saturated carbocycles. The van der Waals surface area contributed by atoms with Crippen molar-refractivity contribution < 1.29 is 19.4 Å². The van der Waals surface area contributed by atoms with Crippen LogP contribution in [0.15, 0.2) is 60.7 Å². The molecule has 0 spiro atoms. The largest absolute Gasteiger partial charge is 0.507 e. The second-order valence-corrected chi connectivity index (χ2v) is 8.51. The molecule has 0 bridgehead atoms. The number of aromatic hydroxyl groups is 1. The van der Waals surface area contributed by atoms with Crippen LogP contribution >= 0.6 is 0 Å². The molecular weight excluding hydrogens is 430 g/mol. The lowest BCUT2D eigenvalue weighted by Gasteiger charge is -2.21. The Morgan fingerprint density at radius 1 is 1.21 bits per heavy atom. The topological polar surface area (TPSA) is 94.8 Å². The van der Waals surface area contributed by atoms with Crippen LogP contribution in [-0.2, 0) is 17.8 Å². The zero-order chi connectivity index (χ0) is 23.5. The van der Waals surface area contributed by atoms with Crippen molar-refractivity contribution in [2.45, 2.75) is 25.5 Å². The van der Waals surface area contributed by atoms with Crippen LogP contribution in [0, 0.1) is 11.3 Å². The fourth-order valence-electron chi connectivity index (χ4n) is 4.43. The number of nitriles is 1. The monoisotopic (exact) mass is 455 g/mol. The third-order valence-corrected chi connectivity index (χ3v) is 6.19. The fraction of sp³-hybridized carbons (Fsp3) is 0.259. The summed E-state index contributed by atoms with van der Waals surface area (Å²) in [6.45, 7) is 2.13. The molecule has 2 aliphatic heterocycles. The SMILES string of the molecule is N#Cc1cc(O)c(C(=O)N2CCc3ccc(NC4CCOC4)cc32)c(OCc2ccccc2)c1. The maximum absolute atomic E-state index is 13.7. The highest BCUT2D eigenvalue weighted by atomic mass is 16.5. The molecule has 34 heavy (non-hydrogen) atoms. The molecule has 1 unspecified atom stereocenters. The Bertz CT molecular complexity index is 1250. The number of nitrogens with zero attached hydrogens (tertiary/aromatic N) is 2. The average Bonchev–Trinajstić information content (AvgIpc) is 3.52. The molecule has 2 heterocycles. The van der Waals surface area contributed by atoms with Crippen molar-refractivity contribution >= 4 is 17.3 Å². The van der Waals surface area contributed by atoms with E-state index in [4.69, 9.17) is 9.47 Å². The summed E-state index contributed by atoms with van der Waals surface area (Å²) in [5.74, 6) is -0.431. The van der Waals surface area contributed by atoms with Crippen LogP contribution in [0.4, 0.5) is 11.4 Å². The van der Waals surface area contributed by atoms with E-state index in [0.717, 1.165) is 42.0 Å². The summed E-state index contributed by atoms with van der Waals surface area (Å²) in [5, 5.41) is 23.6. The van der Waals surface area contributed by atoms with Crippen molar-refractivity contribution in [2.75, 3.05) is 30.0 Å². The molecule has 1 atom stereocenters. The van der Waals surface area contributed by atoms with Crippen molar-refractivity contribution in [1.82, 2.24) is 0 Å². The lowest BCUT2D eigenvalue weighted by molar-refractivity contribution is 0.0982. The first kappa shape index (κ1) is 21.8. The van der Waals surface area contributed by atoms with E-state index in [1.807, 2.05) is 54.6 Å². The van der Waals surface area contributed by atoms with Gasteiger partial charge in [-0.05, 0) is 48.2 Å². The minimum absolute atomic E-state index is 0.0605. The number of phenols is 1. The number of hydrogen-bond acceptors (Lipinski definition) is 6. The Kier molecular flexibility index (Phi) is 6.07. The van der Waals surface area contributed by atoms with Gasteiger partial charge in [0.15, 0.2) is 0 Å². The standard InChI is InChI=1S/C27H25N3O4/c28-15-19-12-24(31)26(25(13-19)34-16-18-4-2-1-3-5-18)27(32)30-10-8-20-6-7-21(14-23(20)30)29-22-9-11-33-17-22/h1-7,12-14,22,29,31H,8-11,16-17H2. The Labute approximate surface area is 198 Å². The van der Waals surface area contributed by atoms with E-state index in [1.165, 1.54) is 12.1 Å². The number of phenolic OH excluding ortho intramolecular Hbond substituents is 1. The molecule has 1 amide bonds. The summed E-state index contributed by atoms with van der Waals surface area (Å²) in [7, 11) is 0. The molecular formula is C27H25N3O4. The quantitative estimate of drug-likeness (QED) is 0.577. The van der Waals surface area contributed by atoms with Gasteiger partial charge < -0.3 is 24.8 Å². The molecule has 2 aliphatic rings. The molecule has 1 fully saturated rings. The van der Waals surface area contributed by atoms with E-state index < -0.39 is 0 Å². The summed E-state index contributed by atoms with van der Waals surface area (Å²) in [4.78, 5) is 15.3. The van der Waals surface area contributed by atoms with Gasteiger partial charge in [0.05, 0.1) is 24.3 Å². The molecule has 0 radical (unpaired) electrons. The molecule has 3 aromatic rings. The normalized spacial score (nSPS) is 16.7. The molecule has 0 aliphatic carbocycles. The van der Waals surface area contributed by atoms with Gasteiger partial charge in [-0.25, -0.2) is 0 Å². The third kappa shape index (κ3) is 4.41. The summed E-state index contributed by atoms with van der Waals surface area (Å²) in [5.41, 5.74) is 4.02. The van der Waals surface area contributed by atoms with E-state index >= 15 is 0 Å². The molecule has 5 rings (SSSR count). The van der Waals surface area contributed by atoms with Crippen LogP contribution in [0.1, 0.15) is 33.5 Å². The molecule has 3 aromatic carbocycles. The predicted molar refractivity (Wildman–Crippen MR) is 128 cm³/mol. The smallest absolute Gasteiger partial charge is 0.265 e. The van der Waals surface area contributed by atoms with E-state index in [9.17, 15) is 15.2 Å². The van der Waals surface area contributed by atoms with Crippen LogP contribution in [0.2, 0.25) is 0 Å². The lowest BCUT2D eigenvalue weighted by Crippen LogP contribution is -2.29. The molecule has 0 aromatic heterocycles. The molecule has 1 saturated heterocycles. The number of nitrogens with one attached hydrogen (secondary N) is 1. The van der Waals surface area contributed by atoms with Crippen LogP contribution in [-0.4, -0.2) is 36.8 Å². The third-order valence-electron chi connectivity index (χ3n) is 6.19. The van der Waals surface area contributed by atoms with Crippen LogP contribution in [0.5, 0.6) is 11.5 Å². The van der Waals surface area contributed by atoms with Gasteiger partial charge in [-0.3, -0.25) is 4.79 Å². The number of amides is 1. The van der Waals surface area contributed by atoms with Gasteiger partial charge in [-0.1, -0.05) is 36.4 Å². The molecule has 172 valence electrons. The highest BCUT2D eigenvalue weighted by molar-refractivity contribution is 6.11. The number of hydrogen-bond donors (Lipinski definition) is 2. The van der Waals surface area contributed by atoms with Gasteiger partial charge in [0.2, 0.25) is 0 Å². The highest BCUT2D eigenvalue weighted by Crippen LogP contribution is 2.37. The van der Waals surface area contributed by atoms with Gasteiger partial charge in [0, 0.05) is 24.5 Å². The maximum atomic E-state index is 13.7. The second-order valence-electron chi connectivity index (χ2n) is 8.51. The van der Waals surface area contributed by atoms with Gasteiger partial charge in [0.25, 0.3) is 5.91 Å². The van der Waals surface area contributed by atoms with Gasteiger partial charge in [-0.2, -0.15) is 5.26 Å². The van der Waals surface area contributed by atoms with Crippen molar-refractivity contribution in [3.05, 3.63) is 82.9 Å². The predicted octanol–water partition coefficient (Wildman–Crippen LogP) is 4.25. The number of carbonyl (C=O) groups is 1. The number of benzene rings is 3. The van der Waals surface area contributed by atoms with E-state index in [0.29, 0.717) is 13.2 Å². The van der Waals surface area contributed by atoms with E-state index in [1.54, 1.807) is 4.90 Å². The number of anilines is 2. The Morgan fingerprint density at radius 2 is 2.06 bits per heavy atom. The first-order chi connectivity index (χ1) is 16.6. The summed E-state index contributed by atoms with van der Waals surface area (Å²) in [6.07, 6.45) is 1.67. The van der Waals surface area contributed by atoms with Crippen LogP contribution < -0.4 is 15.0 Å². The van der Waals surface area contributed by atoms with Crippen molar-refractivity contribution in [2.24, 2.45) is 0 Å². The second kappa shape index (κ2) is 9.46.